The van der Waals surface area contributed by atoms with Crippen molar-refractivity contribution in [2.75, 3.05) is 18.9 Å². The molecule has 0 saturated heterocycles. The Labute approximate surface area is 222 Å². The van der Waals surface area contributed by atoms with E-state index in [-0.39, 0.29) is 30.4 Å². The highest BCUT2D eigenvalue weighted by Gasteiger charge is 2.20. The second kappa shape index (κ2) is 12.2. The average Bonchev–Trinajstić information content (AvgIpc) is 2.90. The highest BCUT2D eigenvalue weighted by atomic mass is 35.5. The van der Waals surface area contributed by atoms with Crippen LogP contribution in [0.5, 0.6) is 0 Å². The highest BCUT2D eigenvalue weighted by molar-refractivity contribution is 7.90. The Balaban J connectivity index is 1.38. The molecule has 0 fully saturated rings. The third-order valence-electron chi connectivity index (χ3n) is 6.59. The molecule has 0 bridgehead atoms. The highest BCUT2D eigenvalue weighted by Crippen LogP contribution is 2.28. The van der Waals surface area contributed by atoms with Gasteiger partial charge >= 0.3 is 0 Å². The van der Waals surface area contributed by atoms with Gasteiger partial charge in [-0.1, -0.05) is 54.1 Å². The van der Waals surface area contributed by atoms with E-state index in [1.165, 1.54) is 11.1 Å². The summed E-state index contributed by atoms with van der Waals surface area (Å²) in [4.78, 5) is 12.3. The molecule has 0 spiro atoms. The van der Waals surface area contributed by atoms with E-state index in [1.807, 2.05) is 16.9 Å². The Kier molecular flexibility index (Phi) is 9.00. The third-order valence-corrected chi connectivity index (χ3v) is 8.16. The lowest BCUT2D eigenvalue weighted by atomic mass is 9.86. The van der Waals surface area contributed by atoms with Crippen molar-refractivity contribution in [1.82, 2.24) is 10.0 Å². The van der Waals surface area contributed by atoms with E-state index < -0.39 is 22.0 Å². The van der Waals surface area contributed by atoms with E-state index in [9.17, 15) is 18.3 Å². The second-order valence-corrected chi connectivity index (χ2v) is 11.6. The van der Waals surface area contributed by atoms with Gasteiger partial charge < -0.3 is 15.5 Å². The maximum atomic E-state index is 12.3. The number of carbonyl (C=O) groups is 1. The van der Waals surface area contributed by atoms with Crippen LogP contribution in [-0.2, 0) is 22.9 Å². The molecule has 2 atom stereocenters. The van der Waals surface area contributed by atoms with Crippen molar-refractivity contribution in [2.24, 2.45) is 0 Å². The summed E-state index contributed by atoms with van der Waals surface area (Å²) in [6, 6.07) is 20.7. The van der Waals surface area contributed by atoms with E-state index in [0.29, 0.717) is 11.6 Å². The van der Waals surface area contributed by atoms with Crippen LogP contribution in [0.1, 0.15) is 46.0 Å². The Morgan fingerprint density at radius 2 is 1.70 bits per heavy atom. The third kappa shape index (κ3) is 7.40. The quantitative estimate of drug-likeness (QED) is 0.311. The molecule has 0 aromatic heterocycles. The van der Waals surface area contributed by atoms with Gasteiger partial charge in [0.25, 0.3) is 5.91 Å². The Morgan fingerprint density at radius 1 is 1.00 bits per heavy atom. The number of aliphatic hydroxyl groups is 2. The summed E-state index contributed by atoms with van der Waals surface area (Å²) in [6.07, 6.45) is 2.26. The maximum absolute atomic E-state index is 12.3. The smallest absolute Gasteiger partial charge is 0.264 e. The van der Waals surface area contributed by atoms with Crippen molar-refractivity contribution in [3.05, 3.63) is 94.0 Å². The van der Waals surface area contributed by atoms with Crippen LogP contribution < -0.4 is 10.0 Å². The number of hydrogen-bond acceptors (Lipinski definition) is 6. The van der Waals surface area contributed by atoms with E-state index in [1.54, 1.807) is 36.4 Å². The van der Waals surface area contributed by atoms with Gasteiger partial charge in [0.15, 0.2) is 0 Å². The van der Waals surface area contributed by atoms with Crippen LogP contribution in [0.3, 0.4) is 0 Å². The number of sulfonamides is 1. The van der Waals surface area contributed by atoms with Crippen molar-refractivity contribution < 1.29 is 23.4 Å². The summed E-state index contributed by atoms with van der Waals surface area (Å²) < 4.78 is 25.9. The summed E-state index contributed by atoms with van der Waals surface area (Å²) in [7, 11) is -3.78. The normalized spacial score (nSPS) is 16.1. The molecular formula is C28H31ClN2O5S. The number of carbonyl (C=O) groups excluding carboxylic acids is 1. The fraction of sp³-hybridized carbons (Fsp3) is 0.321. The number of amides is 1. The molecule has 0 unspecified atom stereocenters. The molecule has 0 heterocycles. The second-order valence-electron chi connectivity index (χ2n) is 9.30. The summed E-state index contributed by atoms with van der Waals surface area (Å²) in [5, 5.41) is 23.5. The molecule has 0 saturated carbocycles. The number of aryl methyl sites for hydroxylation is 1. The summed E-state index contributed by atoms with van der Waals surface area (Å²) in [6.45, 7) is 0.202. The molecule has 7 nitrogen and oxygen atoms in total. The molecule has 9 heteroatoms. The van der Waals surface area contributed by atoms with Crippen molar-refractivity contribution in [2.45, 2.75) is 37.8 Å². The standard InChI is InChI=1S/C28H31ClN2O5S/c29-25-11-8-21(9-12-25)27(33)18-30-26-13-10-20-4-7-23(16-24(20)17-26)19-2-5-22(6-3-19)28(34)31-37(35,36)15-1-14-32/h2-9,11-12,16,26-27,30,32-33H,1,10,13-15,17-18H2,(H,31,34)/t26-,27+/m0/s1. The van der Waals surface area contributed by atoms with Gasteiger partial charge in [-0.25, -0.2) is 13.1 Å². The van der Waals surface area contributed by atoms with Crippen LogP contribution in [0.25, 0.3) is 11.1 Å². The van der Waals surface area contributed by atoms with Crippen LogP contribution >= 0.6 is 11.6 Å². The minimum absolute atomic E-state index is 0.0686. The van der Waals surface area contributed by atoms with Crippen LogP contribution in [0.2, 0.25) is 5.02 Å². The Bertz CT molecular complexity index is 1330. The van der Waals surface area contributed by atoms with Crippen LogP contribution in [0.4, 0.5) is 0 Å². The van der Waals surface area contributed by atoms with Crippen molar-refractivity contribution >= 4 is 27.5 Å². The molecule has 196 valence electrons. The van der Waals surface area contributed by atoms with Crippen molar-refractivity contribution in [3.8, 4) is 11.1 Å². The molecule has 3 aromatic rings. The first-order valence-electron chi connectivity index (χ1n) is 12.3. The monoisotopic (exact) mass is 542 g/mol. The molecule has 1 amide bonds. The molecule has 0 radical (unpaired) electrons. The number of rotatable bonds is 10. The Morgan fingerprint density at radius 3 is 2.41 bits per heavy atom. The average molecular weight is 543 g/mol. The lowest BCUT2D eigenvalue weighted by Crippen LogP contribution is -2.37. The molecular weight excluding hydrogens is 512 g/mol. The van der Waals surface area contributed by atoms with Gasteiger partial charge in [0.1, 0.15) is 0 Å². The fourth-order valence-electron chi connectivity index (χ4n) is 4.51. The van der Waals surface area contributed by atoms with E-state index in [0.717, 1.165) is 36.0 Å². The summed E-state index contributed by atoms with van der Waals surface area (Å²) in [5.41, 5.74) is 5.58. The van der Waals surface area contributed by atoms with Gasteiger partial charge in [0.2, 0.25) is 10.0 Å². The SMILES string of the molecule is O=C(NS(=O)(=O)CCCO)c1ccc(-c2ccc3c(c2)C[C@@H](NC[C@@H](O)c2ccc(Cl)cc2)CC3)cc1. The fourth-order valence-corrected chi connectivity index (χ4v) is 5.65. The lowest BCUT2D eigenvalue weighted by molar-refractivity contribution is 0.0981. The molecule has 0 aliphatic heterocycles. The predicted molar refractivity (Wildman–Crippen MR) is 145 cm³/mol. The number of fused-ring (bicyclic) bond motifs is 1. The first-order chi connectivity index (χ1) is 17.7. The zero-order valence-corrected chi connectivity index (χ0v) is 21.9. The maximum Gasteiger partial charge on any atom is 0.264 e. The number of benzene rings is 3. The van der Waals surface area contributed by atoms with Crippen LogP contribution in [0.15, 0.2) is 66.7 Å². The number of nitrogens with one attached hydrogen (secondary N) is 2. The zero-order valence-electron chi connectivity index (χ0n) is 20.4. The minimum atomic E-state index is -3.78. The number of halogens is 1. The predicted octanol–water partition coefficient (Wildman–Crippen LogP) is 3.63. The number of hydrogen-bond donors (Lipinski definition) is 4. The summed E-state index contributed by atoms with van der Waals surface area (Å²) >= 11 is 5.94. The molecule has 37 heavy (non-hydrogen) atoms. The van der Waals surface area contributed by atoms with Crippen molar-refractivity contribution in [1.29, 1.82) is 0 Å². The van der Waals surface area contributed by atoms with Gasteiger partial charge in [-0.05, 0) is 77.8 Å². The van der Waals surface area contributed by atoms with E-state index >= 15 is 0 Å². The van der Waals surface area contributed by atoms with E-state index in [4.69, 9.17) is 16.7 Å². The topological polar surface area (TPSA) is 116 Å². The molecule has 1 aliphatic rings. The van der Waals surface area contributed by atoms with Gasteiger partial charge in [-0.3, -0.25) is 4.79 Å². The van der Waals surface area contributed by atoms with E-state index in [2.05, 4.69) is 23.5 Å². The molecule has 1 aliphatic carbocycles. The van der Waals surface area contributed by atoms with Crippen LogP contribution in [0, 0.1) is 0 Å². The van der Waals surface area contributed by atoms with Gasteiger partial charge in [0, 0.05) is 29.8 Å². The first kappa shape index (κ1) is 27.3. The van der Waals surface area contributed by atoms with Crippen LogP contribution in [-0.4, -0.2) is 49.5 Å². The van der Waals surface area contributed by atoms with Gasteiger partial charge in [-0.2, -0.15) is 0 Å². The lowest BCUT2D eigenvalue weighted by Gasteiger charge is -2.27. The largest absolute Gasteiger partial charge is 0.396 e. The van der Waals surface area contributed by atoms with Gasteiger partial charge in [-0.15, -0.1) is 0 Å². The molecule has 3 aromatic carbocycles. The zero-order chi connectivity index (χ0) is 26.4. The van der Waals surface area contributed by atoms with Crippen molar-refractivity contribution in [3.63, 3.8) is 0 Å². The Hall–Kier alpha value is -2.75. The van der Waals surface area contributed by atoms with Gasteiger partial charge in [0.05, 0.1) is 11.9 Å². The molecule has 4 N–H and O–H groups in total. The molecule has 4 rings (SSSR count). The first-order valence-corrected chi connectivity index (χ1v) is 14.3. The minimum Gasteiger partial charge on any atom is -0.396 e. The summed E-state index contributed by atoms with van der Waals surface area (Å²) in [5.74, 6) is -0.997. The number of aliphatic hydroxyl groups excluding tert-OH is 2.